The fourth-order valence-corrected chi connectivity index (χ4v) is 5.01. The van der Waals surface area contributed by atoms with Gasteiger partial charge in [-0.3, -0.25) is 0 Å². The molecule has 1 heterocycles. The Balaban J connectivity index is 1.90. The molecule has 2 N–H and O–H groups in total. The predicted molar refractivity (Wildman–Crippen MR) is 159 cm³/mol. The van der Waals surface area contributed by atoms with Crippen molar-refractivity contribution in [3.63, 3.8) is 0 Å². The molecular weight excluding hydrogens is 424 g/mol. The SMILES string of the molecule is C=C(CCCCCCCCCCCCCCCCCCC)NCCC1=C\NC\C=C(C)/C=C/1CC. The molecule has 0 saturated heterocycles. The van der Waals surface area contributed by atoms with E-state index in [1.165, 1.54) is 132 Å². The highest BCUT2D eigenvalue weighted by Gasteiger charge is 2.06. The van der Waals surface area contributed by atoms with Crippen LogP contribution >= 0.6 is 0 Å². The van der Waals surface area contributed by atoms with Gasteiger partial charge in [-0.05, 0) is 43.8 Å². The number of hydrogen-bond acceptors (Lipinski definition) is 2. The van der Waals surface area contributed by atoms with Gasteiger partial charge in [0.2, 0.25) is 0 Å². The van der Waals surface area contributed by atoms with Crippen LogP contribution in [0.1, 0.15) is 149 Å². The van der Waals surface area contributed by atoms with E-state index < -0.39 is 0 Å². The zero-order valence-electron chi connectivity index (χ0n) is 24.0. The molecule has 1 aliphatic rings. The molecule has 0 aliphatic carbocycles. The van der Waals surface area contributed by atoms with Crippen molar-refractivity contribution in [1.82, 2.24) is 10.6 Å². The fourth-order valence-electron chi connectivity index (χ4n) is 5.01. The molecule has 0 unspecified atom stereocenters. The lowest BCUT2D eigenvalue weighted by atomic mass is 9.98. The fraction of sp³-hybridized carbons (Fsp3) is 0.758. The average molecular weight is 485 g/mol. The quantitative estimate of drug-likeness (QED) is 0.141. The van der Waals surface area contributed by atoms with Crippen molar-refractivity contribution in [3.8, 4) is 0 Å². The van der Waals surface area contributed by atoms with Crippen molar-refractivity contribution >= 4 is 0 Å². The molecule has 202 valence electrons. The highest BCUT2D eigenvalue weighted by atomic mass is 14.9. The number of unbranched alkanes of at least 4 members (excludes halogenated alkanes) is 16. The van der Waals surface area contributed by atoms with Gasteiger partial charge in [-0.2, -0.15) is 0 Å². The second-order valence-electron chi connectivity index (χ2n) is 10.7. The molecule has 0 bridgehead atoms. The minimum absolute atomic E-state index is 0.919. The maximum absolute atomic E-state index is 4.26. The Hall–Kier alpha value is -1.44. The van der Waals surface area contributed by atoms with E-state index in [0.717, 1.165) is 32.4 Å². The van der Waals surface area contributed by atoms with E-state index in [-0.39, 0.29) is 0 Å². The van der Waals surface area contributed by atoms with E-state index >= 15 is 0 Å². The molecule has 0 amide bonds. The maximum Gasteiger partial charge on any atom is 0.0330 e. The molecule has 1 rings (SSSR count). The number of hydrogen-bond donors (Lipinski definition) is 2. The topological polar surface area (TPSA) is 24.1 Å². The molecule has 0 spiro atoms. The summed E-state index contributed by atoms with van der Waals surface area (Å²) in [6.45, 7) is 12.9. The molecule has 35 heavy (non-hydrogen) atoms. The van der Waals surface area contributed by atoms with Crippen LogP contribution in [0.15, 0.2) is 47.3 Å². The van der Waals surface area contributed by atoms with Gasteiger partial charge in [0.05, 0.1) is 0 Å². The Bertz CT molecular complexity index is 611. The van der Waals surface area contributed by atoms with Crippen molar-refractivity contribution in [3.05, 3.63) is 47.3 Å². The van der Waals surface area contributed by atoms with Gasteiger partial charge in [0.1, 0.15) is 0 Å². The summed E-state index contributed by atoms with van der Waals surface area (Å²) in [6, 6.07) is 0. The Morgan fingerprint density at radius 3 is 1.80 bits per heavy atom. The first-order valence-electron chi connectivity index (χ1n) is 15.4. The van der Waals surface area contributed by atoms with E-state index in [1.54, 1.807) is 0 Å². The van der Waals surface area contributed by atoms with Gasteiger partial charge in [0, 0.05) is 25.0 Å². The van der Waals surface area contributed by atoms with Gasteiger partial charge < -0.3 is 10.6 Å². The minimum Gasteiger partial charge on any atom is -0.388 e. The molecule has 0 radical (unpaired) electrons. The van der Waals surface area contributed by atoms with E-state index in [9.17, 15) is 0 Å². The molecule has 0 aromatic rings. The van der Waals surface area contributed by atoms with Gasteiger partial charge in [0.15, 0.2) is 0 Å². The first kappa shape index (κ1) is 31.6. The van der Waals surface area contributed by atoms with Gasteiger partial charge in [-0.25, -0.2) is 0 Å². The monoisotopic (exact) mass is 484 g/mol. The highest BCUT2D eigenvalue weighted by molar-refractivity contribution is 5.37. The normalized spacial score (nSPS) is 18.3. The van der Waals surface area contributed by atoms with Crippen LogP contribution in [0.3, 0.4) is 0 Å². The van der Waals surface area contributed by atoms with Crippen molar-refractivity contribution in [2.45, 2.75) is 149 Å². The second-order valence-corrected chi connectivity index (χ2v) is 10.7. The smallest absolute Gasteiger partial charge is 0.0330 e. The van der Waals surface area contributed by atoms with Crippen LogP contribution in [0.2, 0.25) is 0 Å². The molecule has 0 fully saturated rings. The molecule has 2 heteroatoms. The van der Waals surface area contributed by atoms with E-state index in [0.29, 0.717) is 0 Å². The van der Waals surface area contributed by atoms with Crippen LogP contribution < -0.4 is 10.6 Å². The first-order chi connectivity index (χ1) is 17.2. The first-order valence-corrected chi connectivity index (χ1v) is 15.4. The van der Waals surface area contributed by atoms with Crippen LogP contribution in [0.4, 0.5) is 0 Å². The lowest BCUT2D eigenvalue weighted by Gasteiger charge is -2.16. The summed E-state index contributed by atoms with van der Waals surface area (Å²) in [5.74, 6) is 0. The van der Waals surface area contributed by atoms with Gasteiger partial charge >= 0.3 is 0 Å². The lowest BCUT2D eigenvalue weighted by molar-refractivity contribution is 0.526. The van der Waals surface area contributed by atoms with Crippen molar-refractivity contribution in [2.75, 3.05) is 13.1 Å². The highest BCUT2D eigenvalue weighted by Crippen LogP contribution is 2.20. The molecule has 0 saturated carbocycles. The Labute approximate surface area is 220 Å². The maximum atomic E-state index is 4.26. The van der Waals surface area contributed by atoms with Crippen LogP contribution in [-0.2, 0) is 0 Å². The van der Waals surface area contributed by atoms with Crippen LogP contribution in [0.25, 0.3) is 0 Å². The summed E-state index contributed by atoms with van der Waals surface area (Å²) in [5, 5.41) is 7.00. The Kier molecular flexibility index (Phi) is 20.7. The summed E-state index contributed by atoms with van der Waals surface area (Å²) in [5.41, 5.74) is 5.45. The third-order valence-electron chi connectivity index (χ3n) is 7.36. The van der Waals surface area contributed by atoms with Crippen LogP contribution in [0.5, 0.6) is 0 Å². The molecule has 0 aromatic heterocycles. The van der Waals surface area contributed by atoms with E-state index in [1.807, 2.05) is 0 Å². The zero-order chi connectivity index (χ0) is 25.4. The largest absolute Gasteiger partial charge is 0.388 e. The predicted octanol–water partition coefficient (Wildman–Crippen LogP) is 10.3. The molecule has 0 atom stereocenters. The van der Waals surface area contributed by atoms with Crippen molar-refractivity contribution < 1.29 is 0 Å². The van der Waals surface area contributed by atoms with Crippen molar-refractivity contribution in [1.29, 1.82) is 0 Å². The Morgan fingerprint density at radius 1 is 0.771 bits per heavy atom. The van der Waals surface area contributed by atoms with Gasteiger partial charge in [0.25, 0.3) is 0 Å². The minimum atomic E-state index is 0.919. The third-order valence-corrected chi connectivity index (χ3v) is 7.36. The average Bonchev–Trinajstić information content (AvgIpc) is 2.84. The second kappa shape index (κ2) is 23.0. The summed E-state index contributed by atoms with van der Waals surface area (Å²) in [6.07, 6.45) is 34.3. The lowest BCUT2D eigenvalue weighted by Crippen LogP contribution is -2.16. The molecular formula is C33H60N2. The zero-order valence-corrected chi connectivity index (χ0v) is 24.0. The standard InChI is InChI=1S/C33H60N2/c1-5-7-8-9-10-11-12-13-14-15-16-17-18-19-20-21-22-23-31(4)35-27-25-33-29-34-26-24-30(3)28-32(33)6-2/h24,28-29,34-35H,4-23,25-27H2,1-3H3/b30-24-,32-28+,33-29-. The van der Waals surface area contributed by atoms with Gasteiger partial charge in [-0.1, -0.05) is 141 Å². The number of rotatable bonds is 23. The molecule has 1 aliphatic heterocycles. The number of nitrogens with one attached hydrogen (secondary N) is 2. The summed E-state index contributed by atoms with van der Waals surface area (Å²) in [7, 11) is 0. The summed E-state index contributed by atoms with van der Waals surface area (Å²) in [4.78, 5) is 0. The Morgan fingerprint density at radius 2 is 1.29 bits per heavy atom. The molecule has 0 aromatic carbocycles. The molecule has 2 nitrogen and oxygen atoms in total. The van der Waals surface area contributed by atoms with E-state index in [2.05, 4.69) is 56.3 Å². The summed E-state index contributed by atoms with van der Waals surface area (Å²) < 4.78 is 0. The third kappa shape index (κ3) is 18.5. The van der Waals surface area contributed by atoms with Crippen LogP contribution in [0, 0.1) is 0 Å². The van der Waals surface area contributed by atoms with Crippen LogP contribution in [-0.4, -0.2) is 13.1 Å². The van der Waals surface area contributed by atoms with Crippen molar-refractivity contribution in [2.24, 2.45) is 0 Å². The number of allylic oxidation sites excluding steroid dienone is 4. The van der Waals surface area contributed by atoms with Gasteiger partial charge in [-0.15, -0.1) is 0 Å². The van der Waals surface area contributed by atoms with E-state index in [4.69, 9.17) is 0 Å². The summed E-state index contributed by atoms with van der Waals surface area (Å²) >= 11 is 0.